The van der Waals surface area contributed by atoms with Crippen molar-refractivity contribution < 1.29 is 9.53 Å². The van der Waals surface area contributed by atoms with Gasteiger partial charge in [0.05, 0.1) is 18.8 Å². The number of aryl methyl sites for hydroxylation is 2. The fourth-order valence-electron chi connectivity index (χ4n) is 2.53. The number of anilines is 1. The molecule has 2 heterocycles. The Morgan fingerprint density at radius 1 is 1.62 bits per heavy atom. The van der Waals surface area contributed by atoms with Crippen LogP contribution in [0.15, 0.2) is 6.07 Å². The van der Waals surface area contributed by atoms with Crippen LogP contribution in [0, 0.1) is 25.2 Å². The van der Waals surface area contributed by atoms with Gasteiger partial charge in [-0.3, -0.25) is 4.79 Å². The van der Waals surface area contributed by atoms with Crippen LogP contribution in [0.25, 0.3) is 0 Å². The molecule has 112 valence electrons. The summed E-state index contributed by atoms with van der Waals surface area (Å²) in [6, 6.07) is 3.64. The highest BCUT2D eigenvalue weighted by Gasteiger charge is 2.32. The van der Waals surface area contributed by atoms with Crippen LogP contribution < -0.4 is 10.2 Å². The number of likely N-dealkylation sites (N-methyl/N-ethyl adjacent to an activating group) is 1. The largest absolute Gasteiger partial charge is 0.377 e. The predicted molar refractivity (Wildman–Crippen MR) is 79.1 cm³/mol. The Labute approximate surface area is 124 Å². The molecule has 0 aromatic carbocycles. The molecular formula is C15H20N4O2. The molecule has 1 N–H and O–H groups in total. The summed E-state index contributed by atoms with van der Waals surface area (Å²) in [7, 11) is 0. The molecular weight excluding hydrogens is 268 g/mol. The highest BCUT2D eigenvalue weighted by atomic mass is 16.5. The zero-order chi connectivity index (χ0) is 15.4. The van der Waals surface area contributed by atoms with Crippen molar-refractivity contribution in [1.29, 1.82) is 5.26 Å². The lowest BCUT2D eigenvalue weighted by atomic mass is 10.1. The van der Waals surface area contributed by atoms with Gasteiger partial charge >= 0.3 is 0 Å². The Hall–Kier alpha value is -2.13. The number of morpholine rings is 1. The first kappa shape index (κ1) is 15.3. The minimum Gasteiger partial charge on any atom is -0.377 e. The summed E-state index contributed by atoms with van der Waals surface area (Å²) >= 11 is 0. The molecule has 2 rings (SSSR count). The maximum absolute atomic E-state index is 12.2. The van der Waals surface area contributed by atoms with Crippen molar-refractivity contribution in [3.63, 3.8) is 0 Å². The van der Waals surface area contributed by atoms with E-state index < -0.39 is 6.04 Å². The van der Waals surface area contributed by atoms with E-state index in [-0.39, 0.29) is 5.91 Å². The molecule has 6 heteroatoms. The van der Waals surface area contributed by atoms with Gasteiger partial charge in [0.1, 0.15) is 17.9 Å². The van der Waals surface area contributed by atoms with Crippen LogP contribution in [0.5, 0.6) is 0 Å². The van der Waals surface area contributed by atoms with Crippen molar-refractivity contribution in [2.45, 2.75) is 26.8 Å². The molecule has 0 radical (unpaired) electrons. The smallest absolute Gasteiger partial charge is 0.245 e. The molecule has 1 unspecified atom stereocenters. The Kier molecular flexibility index (Phi) is 4.76. The van der Waals surface area contributed by atoms with E-state index in [2.05, 4.69) is 16.4 Å². The van der Waals surface area contributed by atoms with Gasteiger partial charge < -0.3 is 15.0 Å². The van der Waals surface area contributed by atoms with E-state index >= 15 is 0 Å². The second kappa shape index (κ2) is 6.55. The fraction of sp³-hybridized carbons (Fsp3) is 0.533. The lowest BCUT2D eigenvalue weighted by Gasteiger charge is -2.36. The summed E-state index contributed by atoms with van der Waals surface area (Å²) in [5.74, 6) is 0.483. The summed E-state index contributed by atoms with van der Waals surface area (Å²) in [6.07, 6.45) is 0. The second-order valence-corrected chi connectivity index (χ2v) is 5.07. The number of pyridine rings is 1. The number of nitrogens with one attached hydrogen (secondary N) is 1. The Bertz CT molecular complexity index is 580. The summed E-state index contributed by atoms with van der Waals surface area (Å²) in [5.41, 5.74) is 2.24. The van der Waals surface area contributed by atoms with Crippen LogP contribution in [0.1, 0.15) is 23.7 Å². The average molecular weight is 288 g/mol. The first-order valence-corrected chi connectivity index (χ1v) is 7.09. The molecule has 1 fully saturated rings. The van der Waals surface area contributed by atoms with Crippen molar-refractivity contribution in [2.75, 3.05) is 31.2 Å². The normalized spacial score (nSPS) is 18.2. The zero-order valence-electron chi connectivity index (χ0n) is 12.6. The summed E-state index contributed by atoms with van der Waals surface area (Å²) in [6.45, 7) is 7.60. The highest BCUT2D eigenvalue weighted by Crippen LogP contribution is 2.25. The van der Waals surface area contributed by atoms with Gasteiger partial charge in [-0.1, -0.05) is 0 Å². The van der Waals surface area contributed by atoms with Crippen molar-refractivity contribution in [3.05, 3.63) is 22.9 Å². The van der Waals surface area contributed by atoms with Crippen molar-refractivity contribution in [1.82, 2.24) is 10.3 Å². The van der Waals surface area contributed by atoms with E-state index in [1.807, 2.05) is 31.7 Å². The van der Waals surface area contributed by atoms with E-state index in [4.69, 9.17) is 4.74 Å². The van der Waals surface area contributed by atoms with Gasteiger partial charge in [0.15, 0.2) is 0 Å². The number of amides is 1. The number of rotatable bonds is 3. The van der Waals surface area contributed by atoms with E-state index in [0.717, 1.165) is 11.3 Å². The van der Waals surface area contributed by atoms with E-state index in [1.165, 1.54) is 0 Å². The van der Waals surface area contributed by atoms with Crippen LogP contribution in [0.4, 0.5) is 5.82 Å². The van der Waals surface area contributed by atoms with Crippen LogP contribution in [-0.4, -0.2) is 43.2 Å². The predicted octanol–water partition coefficient (Wildman–Crippen LogP) is 0.911. The number of nitriles is 1. The molecule has 1 aromatic rings. The number of carbonyl (C=O) groups is 1. The molecule has 21 heavy (non-hydrogen) atoms. The fourth-order valence-corrected chi connectivity index (χ4v) is 2.53. The number of hydrogen-bond acceptors (Lipinski definition) is 5. The highest BCUT2D eigenvalue weighted by molar-refractivity contribution is 5.85. The van der Waals surface area contributed by atoms with Crippen molar-refractivity contribution in [2.24, 2.45) is 0 Å². The number of carbonyl (C=O) groups excluding carboxylic acids is 1. The number of ether oxygens (including phenoxy) is 1. The number of aromatic nitrogens is 1. The third-order valence-electron chi connectivity index (χ3n) is 3.49. The van der Waals surface area contributed by atoms with Gasteiger partial charge in [0.25, 0.3) is 0 Å². The molecule has 1 amide bonds. The lowest BCUT2D eigenvalue weighted by Crippen LogP contribution is -2.54. The van der Waals surface area contributed by atoms with Gasteiger partial charge in [-0.25, -0.2) is 4.98 Å². The minimum absolute atomic E-state index is 0.0953. The maximum Gasteiger partial charge on any atom is 0.245 e. The molecule has 0 saturated carbocycles. The number of hydrogen-bond donors (Lipinski definition) is 1. The molecule has 6 nitrogen and oxygen atoms in total. The third kappa shape index (κ3) is 3.14. The Morgan fingerprint density at radius 2 is 2.38 bits per heavy atom. The van der Waals surface area contributed by atoms with Crippen LogP contribution in [0.3, 0.4) is 0 Å². The molecule has 1 aromatic heterocycles. The van der Waals surface area contributed by atoms with Gasteiger partial charge in [-0.15, -0.1) is 0 Å². The third-order valence-corrected chi connectivity index (χ3v) is 3.49. The van der Waals surface area contributed by atoms with E-state index in [0.29, 0.717) is 37.7 Å². The molecule has 0 aliphatic carbocycles. The number of nitrogens with zero attached hydrogens (tertiary/aromatic N) is 3. The molecule has 1 atom stereocenters. The summed E-state index contributed by atoms with van der Waals surface area (Å²) < 4.78 is 5.42. The van der Waals surface area contributed by atoms with Crippen molar-refractivity contribution >= 4 is 11.7 Å². The molecule has 0 bridgehead atoms. The van der Waals surface area contributed by atoms with Crippen LogP contribution >= 0.6 is 0 Å². The molecule has 1 aliphatic rings. The average Bonchev–Trinajstić information content (AvgIpc) is 2.47. The topological polar surface area (TPSA) is 78.2 Å². The van der Waals surface area contributed by atoms with Gasteiger partial charge in [0, 0.05) is 18.8 Å². The minimum atomic E-state index is -0.445. The van der Waals surface area contributed by atoms with Crippen LogP contribution in [0.2, 0.25) is 0 Å². The molecule has 1 saturated heterocycles. The van der Waals surface area contributed by atoms with Crippen molar-refractivity contribution in [3.8, 4) is 6.07 Å². The molecule has 0 spiro atoms. The molecule has 1 aliphatic heterocycles. The zero-order valence-corrected chi connectivity index (χ0v) is 12.6. The lowest BCUT2D eigenvalue weighted by molar-refractivity contribution is -0.124. The quantitative estimate of drug-likeness (QED) is 0.894. The standard InChI is InChI=1S/C15H20N4O2/c1-4-17-15(20)13-9-21-6-5-19(13)14-12(8-16)10(2)7-11(3)18-14/h7,13H,4-6,9H2,1-3H3,(H,17,20). The van der Waals surface area contributed by atoms with Gasteiger partial charge in [0.2, 0.25) is 5.91 Å². The van der Waals surface area contributed by atoms with E-state index in [1.54, 1.807) is 0 Å². The Morgan fingerprint density at radius 3 is 3.05 bits per heavy atom. The Balaban J connectivity index is 2.42. The first-order valence-electron chi connectivity index (χ1n) is 7.09. The summed E-state index contributed by atoms with van der Waals surface area (Å²) in [4.78, 5) is 18.6. The van der Waals surface area contributed by atoms with Crippen LogP contribution in [-0.2, 0) is 9.53 Å². The second-order valence-electron chi connectivity index (χ2n) is 5.07. The first-order chi connectivity index (χ1) is 10.1. The van der Waals surface area contributed by atoms with Gasteiger partial charge in [-0.2, -0.15) is 5.26 Å². The van der Waals surface area contributed by atoms with E-state index in [9.17, 15) is 10.1 Å². The monoisotopic (exact) mass is 288 g/mol. The van der Waals surface area contributed by atoms with Gasteiger partial charge in [-0.05, 0) is 32.4 Å². The SMILES string of the molecule is CCNC(=O)C1COCCN1c1nc(C)cc(C)c1C#N. The summed E-state index contributed by atoms with van der Waals surface area (Å²) in [5, 5.41) is 12.2. The maximum atomic E-state index is 12.2.